The third-order valence-electron chi connectivity index (χ3n) is 5.64. The van der Waals surface area contributed by atoms with Gasteiger partial charge in [0.25, 0.3) is 0 Å². The fourth-order valence-corrected chi connectivity index (χ4v) is 4.36. The molecule has 150 valence electrons. The summed E-state index contributed by atoms with van der Waals surface area (Å²) in [5.74, 6) is 0.900. The van der Waals surface area contributed by atoms with Gasteiger partial charge in [0.1, 0.15) is 12.4 Å². The number of rotatable bonds is 5. The molecule has 6 heteroatoms. The minimum Gasteiger partial charge on any atom is -0.491 e. The lowest BCUT2D eigenvalue weighted by atomic mass is 10.1. The molecule has 1 aromatic rings. The Hall–Kier alpha value is -1.79. The van der Waals surface area contributed by atoms with Crippen LogP contribution >= 0.6 is 0 Å². The van der Waals surface area contributed by atoms with Crippen molar-refractivity contribution in [2.24, 2.45) is 0 Å². The minimum absolute atomic E-state index is 0.0742. The molecule has 0 aliphatic carbocycles. The molecule has 0 bridgehead atoms. The van der Waals surface area contributed by atoms with Crippen LogP contribution in [0.1, 0.15) is 36.0 Å². The Labute approximate surface area is 162 Å². The van der Waals surface area contributed by atoms with Crippen molar-refractivity contribution in [3.8, 4) is 5.75 Å². The van der Waals surface area contributed by atoms with Gasteiger partial charge in [0, 0.05) is 13.1 Å². The monoisotopic (exact) mass is 375 g/mol. The van der Waals surface area contributed by atoms with E-state index in [-0.39, 0.29) is 12.1 Å². The zero-order chi connectivity index (χ0) is 19.4. The van der Waals surface area contributed by atoms with Crippen molar-refractivity contribution in [3.05, 3.63) is 28.8 Å². The molecular weight excluding hydrogens is 342 g/mol. The predicted molar refractivity (Wildman–Crippen MR) is 106 cm³/mol. The maximum Gasteiger partial charge on any atom is 0.317 e. The summed E-state index contributed by atoms with van der Waals surface area (Å²) < 4.78 is 5.88. The first-order valence-electron chi connectivity index (χ1n) is 10.1. The number of likely N-dealkylation sites (tertiary alicyclic amines) is 2. The number of urea groups is 1. The van der Waals surface area contributed by atoms with Gasteiger partial charge in [-0.1, -0.05) is 24.1 Å². The van der Waals surface area contributed by atoms with Crippen molar-refractivity contribution in [3.63, 3.8) is 0 Å². The summed E-state index contributed by atoms with van der Waals surface area (Å²) in [6, 6.07) is 4.17. The number of piperidine rings is 1. The Morgan fingerprint density at radius 1 is 1.15 bits per heavy atom. The van der Waals surface area contributed by atoms with E-state index in [1.807, 2.05) is 13.8 Å². The van der Waals surface area contributed by atoms with Crippen LogP contribution in [0.4, 0.5) is 4.79 Å². The highest BCUT2D eigenvalue weighted by molar-refractivity contribution is 5.74. The van der Waals surface area contributed by atoms with E-state index in [1.54, 1.807) is 4.90 Å². The Balaban J connectivity index is 1.43. The van der Waals surface area contributed by atoms with Gasteiger partial charge >= 0.3 is 6.03 Å². The highest BCUT2D eigenvalue weighted by atomic mass is 16.5. The van der Waals surface area contributed by atoms with Crippen molar-refractivity contribution in [1.82, 2.24) is 15.1 Å². The molecule has 2 aliphatic heterocycles. The van der Waals surface area contributed by atoms with E-state index < -0.39 is 6.10 Å². The van der Waals surface area contributed by atoms with Crippen molar-refractivity contribution in [1.29, 1.82) is 0 Å². The summed E-state index contributed by atoms with van der Waals surface area (Å²) in [5.41, 5.74) is 3.46. The third-order valence-corrected chi connectivity index (χ3v) is 5.64. The normalized spacial score (nSPS) is 23.5. The van der Waals surface area contributed by atoms with Gasteiger partial charge in [-0.3, -0.25) is 4.90 Å². The van der Waals surface area contributed by atoms with Crippen LogP contribution in [0.15, 0.2) is 12.1 Å². The SMILES string of the molecule is Cc1cc(C)c(OCCNC(=O)N2C[C@H](O)[C@@H](N3CCCCC3)C2)c(C)c1. The third kappa shape index (κ3) is 4.93. The molecule has 0 unspecified atom stereocenters. The summed E-state index contributed by atoms with van der Waals surface area (Å²) >= 11 is 0. The van der Waals surface area contributed by atoms with Crippen LogP contribution in [0.25, 0.3) is 0 Å². The highest BCUT2D eigenvalue weighted by Crippen LogP contribution is 2.24. The number of aliphatic hydroxyl groups excluding tert-OH is 1. The van der Waals surface area contributed by atoms with Crippen LogP contribution in [0.2, 0.25) is 0 Å². The van der Waals surface area contributed by atoms with Gasteiger partial charge in [-0.2, -0.15) is 0 Å². The lowest BCUT2D eigenvalue weighted by molar-refractivity contribution is 0.0706. The summed E-state index contributed by atoms with van der Waals surface area (Å²) in [6.07, 6.45) is 3.18. The number of hydrogen-bond donors (Lipinski definition) is 2. The lowest BCUT2D eigenvalue weighted by Gasteiger charge is -2.33. The van der Waals surface area contributed by atoms with E-state index in [0.717, 1.165) is 30.0 Å². The second-order valence-corrected chi connectivity index (χ2v) is 7.94. The standard InChI is InChI=1S/C21H33N3O3/c1-15-11-16(2)20(17(3)12-15)27-10-7-22-21(26)24-13-18(19(25)14-24)23-8-5-4-6-9-23/h11-12,18-19,25H,4-10,13-14H2,1-3H3,(H,22,26)/t18-,19-/m0/s1. The van der Waals surface area contributed by atoms with Gasteiger partial charge in [-0.05, 0) is 57.8 Å². The highest BCUT2D eigenvalue weighted by Gasteiger charge is 2.37. The maximum atomic E-state index is 12.4. The molecule has 0 radical (unpaired) electrons. The summed E-state index contributed by atoms with van der Waals surface area (Å²) in [7, 11) is 0. The molecule has 2 aliphatic rings. The number of aliphatic hydroxyl groups is 1. The number of carbonyl (C=O) groups excluding carboxylic acids is 1. The number of benzene rings is 1. The molecule has 0 saturated carbocycles. The van der Waals surface area contributed by atoms with Gasteiger partial charge in [-0.25, -0.2) is 4.79 Å². The fourth-order valence-electron chi connectivity index (χ4n) is 4.36. The molecule has 6 nitrogen and oxygen atoms in total. The van der Waals surface area contributed by atoms with Gasteiger partial charge in [0.15, 0.2) is 0 Å². The molecule has 1 aromatic carbocycles. The quantitative estimate of drug-likeness (QED) is 0.775. The molecular formula is C21H33N3O3. The number of β-amino-alcohol motifs (C(OH)–C–C–N with tert-alkyl or cyclic N) is 1. The van der Waals surface area contributed by atoms with Crippen LogP contribution in [0, 0.1) is 20.8 Å². The van der Waals surface area contributed by atoms with Crippen molar-refractivity contribution < 1.29 is 14.6 Å². The van der Waals surface area contributed by atoms with E-state index >= 15 is 0 Å². The number of nitrogens with one attached hydrogen (secondary N) is 1. The summed E-state index contributed by atoms with van der Waals surface area (Å²) in [6.45, 7) is 10.1. The topological polar surface area (TPSA) is 65.0 Å². The second-order valence-electron chi connectivity index (χ2n) is 7.94. The van der Waals surface area contributed by atoms with E-state index in [9.17, 15) is 9.90 Å². The molecule has 2 N–H and O–H groups in total. The molecule has 2 heterocycles. The van der Waals surface area contributed by atoms with Crippen molar-refractivity contribution >= 4 is 6.03 Å². The second kappa shape index (κ2) is 8.93. The van der Waals surface area contributed by atoms with E-state index in [0.29, 0.717) is 26.2 Å². The van der Waals surface area contributed by atoms with Crippen LogP contribution in [0.5, 0.6) is 5.75 Å². The van der Waals surface area contributed by atoms with Crippen LogP contribution in [-0.4, -0.2) is 72.4 Å². The number of aryl methyl sites for hydroxylation is 3. The minimum atomic E-state index is -0.456. The number of hydrogen-bond acceptors (Lipinski definition) is 4. The van der Waals surface area contributed by atoms with E-state index in [2.05, 4.69) is 29.3 Å². The summed E-state index contributed by atoms with van der Waals surface area (Å²) in [5, 5.41) is 13.3. The van der Waals surface area contributed by atoms with E-state index in [4.69, 9.17) is 4.74 Å². The Bertz CT molecular complexity index is 635. The lowest BCUT2D eigenvalue weighted by Crippen LogP contribution is -2.46. The number of amides is 2. The average Bonchev–Trinajstić information content (AvgIpc) is 3.02. The fraction of sp³-hybridized carbons (Fsp3) is 0.667. The van der Waals surface area contributed by atoms with Crippen LogP contribution in [-0.2, 0) is 0 Å². The largest absolute Gasteiger partial charge is 0.491 e. The first kappa shape index (κ1) is 20.0. The predicted octanol–water partition coefficient (Wildman–Crippen LogP) is 2.23. The molecule has 2 fully saturated rings. The average molecular weight is 376 g/mol. The van der Waals surface area contributed by atoms with Gasteiger partial charge in [-0.15, -0.1) is 0 Å². The van der Waals surface area contributed by atoms with Crippen molar-refractivity contribution in [2.45, 2.75) is 52.2 Å². The number of nitrogens with zero attached hydrogens (tertiary/aromatic N) is 2. The first-order chi connectivity index (χ1) is 13.0. The molecule has 0 spiro atoms. The zero-order valence-electron chi connectivity index (χ0n) is 16.8. The molecule has 2 saturated heterocycles. The molecule has 27 heavy (non-hydrogen) atoms. The van der Waals surface area contributed by atoms with Crippen molar-refractivity contribution in [2.75, 3.05) is 39.3 Å². The van der Waals surface area contributed by atoms with Crippen LogP contribution in [0.3, 0.4) is 0 Å². The first-order valence-corrected chi connectivity index (χ1v) is 10.1. The van der Waals surface area contributed by atoms with Crippen LogP contribution < -0.4 is 10.1 Å². The van der Waals surface area contributed by atoms with E-state index in [1.165, 1.54) is 24.8 Å². The number of carbonyl (C=O) groups is 1. The molecule has 2 amide bonds. The summed E-state index contributed by atoms with van der Waals surface area (Å²) in [4.78, 5) is 16.5. The van der Waals surface area contributed by atoms with Gasteiger partial charge in [0.2, 0.25) is 0 Å². The number of ether oxygens (including phenoxy) is 1. The maximum absolute atomic E-state index is 12.4. The Kier molecular flexibility index (Phi) is 6.60. The molecule has 2 atom stereocenters. The Morgan fingerprint density at radius 2 is 1.81 bits per heavy atom. The van der Waals surface area contributed by atoms with Gasteiger partial charge in [0.05, 0.1) is 18.7 Å². The Morgan fingerprint density at radius 3 is 2.48 bits per heavy atom. The van der Waals surface area contributed by atoms with Gasteiger partial charge < -0.3 is 20.1 Å². The molecule has 3 rings (SSSR count). The smallest absolute Gasteiger partial charge is 0.317 e. The molecule has 0 aromatic heterocycles. The zero-order valence-corrected chi connectivity index (χ0v) is 16.8.